The molecular formula is C14H12N2O5. The van der Waals surface area contributed by atoms with Crippen LogP contribution in [0.3, 0.4) is 0 Å². The molecule has 1 N–H and O–H groups in total. The maximum atomic E-state index is 10.8. The summed E-state index contributed by atoms with van der Waals surface area (Å²) >= 11 is 0. The van der Waals surface area contributed by atoms with Gasteiger partial charge in [-0.05, 0) is 24.6 Å². The largest absolute Gasteiger partial charge is 0.487 e. The first-order chi connectivity index (χ1) is 9.99. The fourth-order valence-corrected chi connectivity index (χ4v) is 1.78. The Labute approximate surface area is 120 Å². The predicted molar refractivity (Wildman–Crippen MR) is 73.4 cm³/mol. The fourth-order valence-electron chi connectivity index (χ4n) is 1.78. The molecular weight excluding hydrogens is 276 g/mol. The molecule has 0 aliphatic heterocycles. The van der Waals surface area contributed by atoms with Crippen molar-refractivity contribution in [3.63, 3.8) is 0 Å². The number of nitrogens with zero attached hydrogens (tertiary/aromatic N) is 2. The van der Waals surface area contributed by atoms with Gasteiger partial charge < -0.3 is 9.84 Å². The number of aromatic nitrogens is 1. The molecule has 1 heterocycles. The van der Waals surface area contributed by atoms with Crippen molar-refractivity contribution in [1.29, 1.82) is 0 Å². The number of nitro benzene ring substituents is 1. The van der Waals surface area contributed by atoms with Crippen molar-refractivity contribution in [3.05, 3.63) is 63.5 Å². The van der Waals surface area contributed by atoms with Gasteiger partial charge in [-0.15, -0.1) is 0 Å². The Kier molecular flexibility index (Phi) is 4.13. The SMILES string of the molecule is Cc1c(COc2ccc(C(=O)O)nc2)cccc1[N+](=O)[O-]. The summed E-state index contributed by atoms with van der Waals surface area (Å²) in [7, 11) is 0. The van der Waals surface area contributed by atoms with Gasteiger partial charge in [-0.1, -0.05) is 12.1 Å². The van der Waals surface area contributed by atoms with E-state index in [9.17, 15) is 14.9 Å². The molecule has 0 radical (unpaired) electrons. The van der Waals surface area contributed by atoms with E-state index in [0.717, 1.165) is 0 Å². The quantitative estimate of drug-likeness (QED) is 0.670. The van der Waals surface area contributed by atoms with Crippen molar-refractivity contribution in [2.45, 2.75) is 13.5 Å². The zero-order valence-electron chi connectivity index (χ0n) is 11.1. The van der Waals surface area contributed by atoms with E-state index in [4.69, 9.17) is 9.84 Å². The molecule has 108 valence electrons. The van der Waals surface area contributed by atoms with Crippen molar-refractivity contribution in [2.24, 2.45) is 0 Å². The smallest absolute Gasteiger partial charge is 0.354 e. The molecule has 7 heteroatoms. The molecule has 21 heavy (non-hydrogen) atoms. The van der Waals surface area contributed by atoms with Crippen LogP contribution in [0.2, 0.25) is 0 Å². The zero-order chi connectivity index (χ0) is 15.4. The molecule has 1 aromatic carbocycles. The standard InChI is InChI=1S/C14H12N2O5/c1-9-10(3-2-4-13(9)16(19)20)8-21-11-5-6-12(14(17)18)15-7-11/h2-7H,8H2,1H3,(H,17,18). The maximum Gasteiger partial charge on any atom is 0.354 e. The number of carboxylic acid groups (broad SMARTS) is 1. The van der Waals surface area contributed by atoms with Gasteiger partial charge in [-0.25, -0.2) is 9.78 Å². The Bertz CT molecular complexity index is 682. The van der Waals surface area contributed by atoms with Crippen LogP contribution in [-0.4, -0.2) is 21.0 Å². The zero-order valence-corrected chi connectivity index (χ0v) is 11.1. The summed E-state index contributed by atoms with van der Waals surface area (Å²) in [4.78, 5) is 24.8. The molecule has 1 aromatic heterocycles. The lowest BCUT2D eigenvalue weighted by molar-refractivity contribution is -0.385. The summed E-state index contributed by atoms with van der Waals surface area (Å²) in [5, 5.41) is 19.6. The predicted octanol–water partition coefficient (Wildman–Crippen LogP) is 2.58. The Morgan fingerprint density at radius 1 is 1.38 bits per heavy atom. The Morgan fingerprint density at radius 2 is 2.14 bits per heavy atom. The molecule has 7 nitrogen and oxygen atoms in total. The van der Waals surface area contributed by atoms with Crippen LogP contribution in [0.4, 0.5) is 5.69 Å². The van der Waals surface area contributed by atoms with Crippen molar-refractivity contribution in [1.82, 2.24) is 4.98 Å². The topological polar surface area (TPSA) is 103 Å². The van der Waals surface area contributed by atoms with E-state index in [2.05, 4.69) is 4.98 Å². The Morgan fingerprint density at radius 3 is 2.71 bits per heavy atom. The first-order valence-electron chi connectivity index (χ1n) is 6.04. The average Bonchev–Trinajstić information content (AvgIpc) is 2.46. The maximum absolute atomic E-state index is 10.8. The molecule has 0 fully saturated rings. The second-order valence-corrected chi connectivity index (χ2v) is 4.29. The second kappa shape index (κ2) is 6.00. The average molecular weight is 288 g/mol. The van der Waals surface area contributed by atoms with Crippen LogP contribution in [0, 0.1) is 17.0 Å². The highest BCUT2D eigenvalue weighted by atomic mass is 16.6. The molecule has 0 unspecified atom stereocenters. The summed E-state index contributed by atoms with van der Waals surface area (Å²) in [6.07, 6.45) is 1.30. The summed E-state index contributed by atoms with van der Waals surface area (Å²) in [5.41, 5.74) is 1.19. The third-order valence-corrected chi connectivity index (χ3v) is 2.96. The monoisotopic (exact) mass is 288 g/mol. The van der Waals surface area contributed by atoms with E-state index in [1.54, 1.807) is 19.1 Å². The lowest BCUT2D eigenvalue weighted by Gasteiger charge is -2.08. The molecule has 0 saturated heterocycles. The number of rotatable bonds is 5. The van der Waals surface area contributed by atoms with Gasteiger partial charge in [0.1, 0.15) is 18.1 Å². The molecule has 0 atom stereocenters. The number of carboxylic acids is 1. The first kappa shape index (κ1) is 14.4. The molecule has 0 bridgehead atoms. The van der Waals surface area contributed by atoms with Crippen LogP contribution >= 0.6 is 0 Å². The summed E-state index contributed by atoms with van der Waals surface area (Å²) < 4.78 is 5.46. The van der Waals surface area contributed by atoms with Crippen LogP contribution < -0.4 is 4.74 Å². The lowest BCUT2D eigenvalue weighted by atomic mass is 10.1. The summed E-state index contributed by atoms with van der Waals surface area (Å²) in [6.45, 7) is 1.80. The number of ether oxygens (including phenoxy) is 1. The normalized spacial score (nSPS) is 10.1. The van der Waals surface area contributed by atoms with E-state index in [-0.39, 0.29) is 18.0 Å². The third-order valence-electron chi connectivity index (χ3n) is 2.96. The highest BCUT2D eigenvalue weighted by Crippen LogP contribution is 2.22. The van der Waals surface area contributed by atoms with E-state index in [1.165, 1.54) is 24.4 Å². The highest BCUT2D eigenvalue weighted by molar-refractivity contribution is 5.85. The molecule has 2 rings (SSSR count). The molecule has 0 aliphatic carbocycles. The third kappa shape index (κ3) is 3.33. The van der Waals surface area contributed by atoms with Crippen molar-refractivity contribution >= 4 is 11.7 Å². The Balaban J connectivity index is 2.11. The molecule has 2 aromatic rings. The van der Waals surface area contributed by atoms with Crippen molar-refractivity contribution < 1.29 is 19.6 Å². The van der Waals surface area contributed by atoms with Crippen molar-refractivity contribution in [3.8, 4) is 5.75 Å². The van der Waals surface area contributed by atoms with Gasteiger partial charge >= 0.3 is 5.97 Å². The minimum atomic E-state index is -1.11. The fraction of sp³-hybridized carbons (Fsp3) is 0.143. The van der Waals surface area contributed by atoms with Gasteiger partial charge in [-0.3, -0.25) is 10.1 Å². The molecule has 0 saturated carbocycles. The number of benzene rings is 1. The first-order valence-corrected chi connectivity index (χ1v) is 6.04. The van der Waals surface area contributed by atoms with Crippen LogP contribution in [-0.2, 0) is 6.61 Å². The van der Waals surface area contributed by atoms with E-state index < -0.39 is 10.9 Å². The van der Waals surface area contributed by atoms with Gasteiger partial charge in [-0.2, -0.15) is 0 Å². The second-order valence-electron chi connectivity index (χ2n) is 4.29. The van der Waals surface area contributed by atoms with Crippen LogP contribution in [0.1, 0.15) is 21.6 Å². The van der Waals surface area contributed by atoms with Gasteiger partial charge in [0, 0.05) is 11.6 Å². The number of aromatic carboxylic acids is 1. The van der Waals surface area contributed by atoms with E-state index >= 15 is 0 Å². The lowest BCUT2D eigenvalue weighted by Crippen LogP contribution is -2.03. The van der Waals surface area contributed by atoms with Gasteiger partial charge in [0.25, 0.3) is 5.69 Å². The minimum absolute atomic E-state index is 0.0375. The van der Waals surface area contributed by atoms with E-state index in [0.29, 0.717) is 16.9 Å². The van der Waals surface area contributed by atoms with Gasteiger partial charge in [0.15, 0.2) is 0 Å². The van der Waals surface area contributed by atoms with Crippen LogP contribution in [0.25, 0.3) is 0 Å². The number of nitro groups is 1. The minimum Gasteiger partial charge on any atom is -0.487 e. The summed E-state index contributed by atoms with van der Waals surface area (Å²) in [5.74, 6) is -0.720. The number of hydrogen-bond acceptors (Lipinski definition) is 5. The van der Waals surface area contributed by atoms with Crippen LogP contribution in [0.15, 0.2) is 36.5 Å². The summed E-state index contributed by atoms with van der Waals surface area (Å²) in [6, 6.07) is 7.58. The number of pyridine rings is 1. The highest BCUT2D eigenvalue weighted by Gasteiger charge is 2.13. The van der Waals surface area contributed by atoms with Gasteiger partial charge in [0.2, 0.25) is 0 Å². The molecule has 0 spiro atoms. The molecule has 0 amide bonds. The number of carbonyl (C=O) groups is 1. The van der Waals surface area contributed by atoms with Crippen LogP contribution in [0.5, 0.6) is 5.75 Å². The van der Waals surface area contributed by atoms with Gasteiger partial charge in [0.05, 0.1) is 11.1 Å². The Hall–Kier alpha value is -2.96. The van der Waals surface area contributed by atoms with Crippen molar-refractivity contribution in [2.75, 3.05) is 0 Å². The van der Waals surface area contributed by atoms with E-state index in [1.807, 2.05) is 0 Å². The molecule has 0 aliphatic rings. The number of hydrogen-bond donors (Lipinski definition) is 1.